The number of hydrogen-bond acceptors (Lipinski definition) is 5. The summed E-state index contributed by atoms with van der Waals surface area (Å²) in [6.45, 7) is 1.75. The number of carbonyl (C=O) groups is 1. The number of hydrogen-bond donors (Lipinski definition) is 1. The van der Waals surface area contributed by atoms with Crippen LogP contribution in [-0.4, -0.2) is 50.4 Å². The van der Waals surface area contributed by atoms with Gasteiger partial charge in [-0.15, -0.1) is 0 Å². The van der Waals surface area contributed by atoms with E-state index in [2.05, 4.69) is 4.90 Å². The van der Waals surface area contributed by atoms with Crippen molar-refractivity contribution in [2.45, 2.75) is 12.5 Å². The number of aliphatic carboxylic acids is 1. The van der Waals surface area contributed by atoms with Gasteiger partial charge in [-0.1, -0.05) is 36.4 Å². The maximum atomic E-state index is 11.8. The molecule has 6 heteroatoms. The number of carboxylic acids is 1. The monoisotopic (exact) mass is 371 g/mol. The van der Waals surface area contributed by atoms with Crippen LogP contribution in [0.25, 0.3) is 0 Å². The molecule has 0 aromatic heterocycles. The Morgan fingerprint density at radius 1 is 1.00 bits per heavy atom. The van der Waals surface area contributed by atoms with E-state index in [9.17, 15) is 9.90 Å². The topological polar surface area (TPSA) is 68.2 Å². The molecule has 3 rings (SSSR count). The minimum atomic E-state index is -0.759. The van der Waals surface area contributed by atoms with E-state index >= 15 is 0 Å². The van der Waals surface area contributed by atoms with Crippen LogP contribution in [0.3, 0.4) is 0 Å². The molecule has 0 saturated carbocycles. The van der Waals surface area contributed by atoms with Gasteiger partial charge in [0.1, 0.15) is 0 Å². The Bertz CT molecular complexity index is 793. The zero-order valence-corrected chi connectivity index (χ0v) is 15.8. The molecular formula is C21H25NO5. The number of nitrogens with zero attached hydrogens (tertiary/aromatic N) is 1. The van der Waals surface area contributed by atoms with Crippen LogP contribution in [0.15, 0.2) is 42.5 Å². The zero-order valence-electron chi connectivity index (χ0n) is 15.8. The van der Waals surface area contributed by atoms with Gasteiger partial charge in [0.2, 0.25) is 5.75 Å². The van der Waals surface area contributed by atoms with Gasteiger partial charge < -0.3 is 19.3 Å². The summed E-state index contributed by atoms with van der Waals surface area (Å²) in [5, 5.41) is 9.69. The Kier molecular flexibility index (Phi) is 5.86. The van der Waals surface area contributed by atoms with E-state index in [1.54, 1.807) is 21.3 Å². The van der Waals surface area contributed by atoms with E-state index < -0.39 is 11.9 Å². The minimum Gasteiger partial charge on any atom is -0.493 e. The molecule has 0 spiro atoms. The molecule has 1 aliphatic heterocycles. The number of likely N-dealkylation sites (tertiary alicyclic amines) is 1. The van der Waals surface area contributed by atoms with Crippen molar-refractivity contribution in [3.05, 3.63) is 53.6 Å². The summed E-state index contributed by atoms with van der Waals surface area (Å²) in [6.07, 6.45) is 0. The first-order valence-corrected chi connectivity index (χ1v) is 8.87. The van der Waals surface area contributed by atoms with Crippen molar-refractivity contribution in [1.29, 1.82) is 0 Å². The third-order valence-electron chi connectivity index (χ3n) is 5.12. The highest BCUT2D eigenvalue weighted by molar-refractivity contribution is 5.72. The normalized spacial score (nSPS) is 19.7. The van der Waals surface area contributed by atoms with Crippen LogP contribution in [0.5, 0.6) is 17.2 Å². The van der Waals surface area contributed by atoms with Crippen molar-refractivity contribution in [3.63, 3.8) is 0 Å². The highest BCUT2D eigenvalue weighted by Gasteiger charge is 2.38. The number of carboxylic acid groups (broad SMARTS) is 1. The fourth-order valence-corrected chi connectivity index (χ4v) is 3.83. The highest BCUT2D eigenvalue weighted by atomic mass is 16.5. The van der Waals surface area contributed by atoms with Gasteiger partial charge in [-0.05, 0) is 11.6 Å². The molecule has 2 aromatic rings. The van der Waals surface area contributed by atoms with Gasteiger partial charge >= 0.3 is 5.97 Å². The summed E-state index contributed by atoms with van der Waals surface area (Å²) < 4.78 is 16.3. The first kappa shape index (κ1) is 19.0. The summed E-state index contributed by atoms with van der Waals surface area (Å²) in [4.78, 5) is 14.0. The van der Waals surface area contributed by atoms with Gasteiger partial charge in [0.05, 0.1) is 27.2 Å². The van der Waals surface area contributed by atoms with Gasteiger partial charge in [-0.25, -0.2) is 0 Å². The molecule has 1 saturated heterocycles. The SMILES string of the molecule is COc1ccc(CN2C[C@@H](C(=O)O)[C@H](c3ccccc3)C2)c(OC)c1OC. The maximum absolute atomic E-state index is 11.8. The molecule has 0 bridgehead atoms. The molecule has 0 aliphatic carbocycles. The van der Waals surface area contributed by atoms with Gasteiger partial charge in [-0.2, -0.15) is 0 Å². The largest absolute Gasteiger partial charge is 0.493 e. The molecule has 1 N–H and O–H groups in total. The lowest BCUT2D eigenvalue weighted by Gasteiger charge is -2.20. The highest BCUT2D eigenvalue weighted by Crippen LogP contribution is 2.41. The fourth-order valence-electron chi connectivity index (χ4n) is 3.83. The van der Waals surface area contributed by atoms with Gasteiger partial charge in [0.25, 0.3) is 0 Å². The van der Waals surface area contributed by atoms with E-state index in [1.807, 2.05) is 42.5 Å². The second kappa shape index (κ2) is 8.31. The van der Waals surface area contributed by atoms with Crippen molar-refractivity contribution < 1.29 is 24.1 Å². The summed E-state index contributed by atoms with van der Waals surface area (Å²) in [5.74, 6) is 0.544. The average Bonchev–Trinajstić information content (AvgIpc) is 3.12. The summed E-state index contributed by atoms with van der Waals surface area (Å²) in [6, 6.07) is 13.6. The van der Waals surface area contributed by atoms with Crippen molar-refractivity contribution >= 4 is 5.97 Å². The number of rotatable bonds is 7. The molecule has 6 nitrogen and oxygen atoms in total. The lowest BCUT2D eigenvalue weighted by atomic mass is 9.89. The standard InChI is InChI=1S/C21H25NO5/c1-25-18-10-9-15(19(26-2)20(18)27-3)11-22-12-16(17(13-22)21(23)24)14-7-5-4-6-8-14/h4-10,16-17H,11-13H2,1-3H3,(H,23,24)/t16-,17+/m0/s1. The van der Waals surface area contributed by atoms with Gasteiger partial charge in [-0.3, -0.25) is 9.69 Å². The van der Waals surface area contributed by atoms with E-state index in [4.69, 9.17) is 14.2 Å². The summed E-state index contributed by atoms with van der Waals surface area (Å²) in [7, 11) is 4.75. The van der Waals surface area contributed by atoms with Crippen LogP contribution in [0.4, 0.5) is 0 Å². The second-order valence-electron chi connectivity index (χ2n) is 6.65. The Balaban J connectivity index is 1.85. The van der Waals surface area contributed by atoms with Gasteiger partial charge in [0, 0.05) is 31.1 Å². The number of methoxy groups -OCH3 is 3. The van der Waals surface area contributed by atoms with Crippen molar-refractivity contribution in [2.24, 2.45) is 5.92 Å². The molecule has 1 fully saturated rings. The number of benzene rings is 2. The van der Waals surface area contributed by atoms with Crippen LogP contribution in [-0.2, 0) is 11.3 Å². The molecule has 0 amide bonds. The second-order valence-corrected chi connectivity index (χ2v) is 6.65. The molecule has 2 atom stereocenters. The van der Waals surface area contributed by atoms with E-state index in [0.717, 1.165) is 11.1 Å². The minimum absolute atomic E-state index is 0.0326. The lowest BCUT2D eigenvalue weighted by Crippen LogP contribution is -2.23. The number of ether oxygens (including phenoxy) is 3. The molecule has 1 aliphatic rings. The molecule has 1 heterocycles. The zero-order chi connectivity index (χ0) is 19.4. The predicted octanol–water partition coefficient (Wildman–Crippen LogP) is 3.01. The average molecular weight is 371 g/mol. The molecule has 144 valence electrons. The maximum Gasteiger partial charge on any atom is 0.308 e. The first-order valence-electron chi connectivity index (χ1n) is 8.87. The third-order valence-corrected chi connectivity index (χ3v) is 5.12. The Morgan fingerprint density at radius 2 is 1.70 bits per heavy atom. The molecular weight excluding hydrogens is 346 g/mol. The van der Waals surface area contributed by atoms with E-state index in [1.165, 1.54) is 0 Å². The van der Waals surface area contributed by atoms with Crippen LogP contribution in [0.1, 0.15) is 17.0 Å². The van der Waals surface area contributed by atoms with Gasteiger partial charge in [0.15, 0.2) is 11.5 Å². The molecule has 2 aromatic carbocycles. The molecule has 27 heavy (non-hydrogen) atoms. The molecule has 0 unspecified atom stereocenters. The van der Waals surface area contributed by atoms with Crippen LogP contribution in [0.2, 0.25) is 0 Å². The quantitative estimate of drug-likeness (QED) is 0.807. The smallest absolute Gasteiger partial charge is 0.308 e. The first-order chi connectivity index (χ1) is 13.1. The van der Waals surface area contributed by atoms with Crippen molar-refractivity contribution in [1.82, 2.24) is 4.90 Å². The van der Waals surface area contributed by atoms with E-state index in [-0.39, 0.29) is 5.92 Å². The predicted molar refractivity (Wildman–Crippen MR) is 102 cm³/mol. The summed E-state index contributed by atoms with van der Waals surface area (Å²) in [5.41, 5.74) is 2.00. The van der Waals surface area contributed by atoms with Crippen LogP contribution in [0, 0.1) is 5.92 Å². The summed E-state index contributed by atoms with van der Waals surface area (Å²) >= 11 is 0. The van der Waals surface area contributed by atoms with Crippen molar-refractivity contribution in [2.75, 3.05) is 34.4 Å². The Morgan fingerprint density at radius 3 is 2.30 bits per heavy atom. The van der Waals surface area contributed by atoms with Crippen molar-refractivity contribution in [3.8, 4) is 17.2 Å². The fraction of sp³-hybridized carbons (Fsp3) is 0.381. The Hall–Kier alpha value is -2.73. The Labute approximate surface area is 159 Å². The van der Waals surface area contributed by atoms with Crippen LogP contribution >= 0.6 is 0 Å². The third kappa shape index (κ3) is 3.85. The van der Waals surface area contributed by atoms with E-state index in [0.29, 0.717) is 36.9 Å². The molecule has 0 radical (unpaired) electrons. The lowest BCUT2D eigenvalue weighted by molar-refractivity contribution is -0.141. The van der Waals surface area contributed by atoms with Crippen LogP contribution < -0.4 is 14.2 Å².